The van der Waals surface area contributed by atoms with Gasteiger partial charge in [0.15, 0.2) is 0 Å². The summed E-state index contributed by atoms with van der Waals surface area (Å²) in [5.74, 6) is 0.436. The van der Waals surface area contributed by atoms with Crippen LogP contribution in [0.3, 0.4) is 0 Å². The molecule has 0 fully saturated rings. The van der Waals surface area contributed by atoms with E-state index in [-0.39, 0.29) is 12.3 Å². The maximum Gasteiger partial charge on any atom is 0.230 e. The molecular formula is C23H18N2O2. The van der Waals surface area contributed by atoms with Gasteiger partial charge in [0, 0.05) is 16.6 Å². The normalized spacial score (nSPS) is 12.4. The Balaban J connectivity index is 1.36. The van der Waals surface area contributed by atoms with E-state index < -0.39 is 0 Å². The van der Waals surface area contributed by atoms with Crippen LogP contribution in [0.25, 0.3) is 22.2 Å². The van der Waals surface area contributed by atoms with E-state index in [4.69, 9.17) is 4.42 Å². The molecule has 5 rings (SSSR count). The van der Waals surface area contributed by atoms with Crippen molar-refractivity contribution in [3.63, 3.8) is 0 Å². The lowest BCUT2D eigenvalue weighted by molar-refractivity contribution is -0.115. The third kappa shape index (κ3) is 2.89. The molecule has 1 N–H and O–H groups in total. The number of nitrogens with zero attached hydrogens (tertiary/aromatic N) is 1. The molecule has 4 aromatic rings. The van der Waals surface area contributed by atoms with Gasteiger partial charge in [-0.2, -0.15) is 0 Å². The number of hydrogen-bond donors (Lipinski definition) is 1. The molecule has 132 valence electrons. The maximum absolute atomic E-state index is 12.6. The van der Waals surface area contributed by atoms with Crippen molar-refractivity contribution < 1.29 is 9.21 Å². The van der Waals surface area contributed by atoms with Gasteiger partial charge in [-0.15, -0.1) is 0 Å². The molecule has 1 amide bonds. The summed E-state index contributed by atoms with van der Waals surface area (Å²) in [5.41, 5.74) is 5.11. The first-order chi connectivity index (χ1) is 13.3. The first kappa shape index (κ1) is 15.8. The summed E-state index contributed by atoms with van der Waals surface area (Å²) in [6.45, 7) is 0. The van der Waals surface area contributed by atoms with Crippen molar-refractivity contribution in [2.24, 2.45) is 0 Å². The number of nitrogens with one attached hydrogen (secondary N) is 1. The minimum atomic E-state index is -0.0957. The van der Waals surface area contributed by atoms with E-state index in [0.29, 0.717) is 11.6 Å². The molecule has 27 heavy (non-hydrogen) atoms. The van der Waals surface area contributed by atoms with Gasteiger partial charge in [0.05, 0.1) is 12.1 Å². The lowest BCUT2D eigenvalue weighted by Gasteiger charge is -2.10. The molecular weight excluding hydrogens is 336 g/mol. The van der Waals surface area contributed by atoms with Gasteiger partial charge in [-0.25, -0.2) is 4.98 Å². The molecule has 0 saturated heterocycles. The minimum absolute atomic E-state index is 0.0957. The van der Waals surface area contributed by atoms with Crippen LogP contribution in [-0.4, -0.2) is 10.9 Å². The van der Waals surface area contributed by atoms with Crippen LogP contribution in [0.1, 0.15) is 16.8 Å². The van der Waals surface area contributed by atoms with Gasteiger partial charge in [-0.1, -0.05) is 42.5 Å². The summed E-state index contributed by atoms with van der Waals surface area (Å²) in [7, 11) is 0. The van der Waals surface area contributed by atoms with Crippen LogP contribution in [0.4, 0.5) is 5.69 Å². The van der Waals surface area contributed by atoms with Crippen molar-refractivity contribution >= 4 is 22.4 Å². The Kier molecular flexibility index (Phi) is 3.75. The lowest BCUT2D eigenvalue weighted by atomic mass is 10.0. The molecule has 4 heteroatoms. The number of benzene rings is 3. The highest BCUT2D eigenvalue weighted by atomic mass is 16.3. The van der Waals surface area contributed by atoms with Crippen molar-refractivity contribution in [2.45, 2.75) is 19.3 Å². The number of hydrogen-bond acceptors (Lipinski definition) is 3. The summed E-state index contributed by atoms with van der Waals surface area (Å²) in [6, 6.07) is 20.1. The monoisotopic (exact) mass is 354 g/mol. The van der Waals surface area contributed by atoms with Crippen LogP contribution in [0, 0.1) is 0 Å². The van der Waals surface area contributed by atoms with E-state index in [1.807, 2.05) is 36.4 Å². The Bertz CT molecular complexity index is 1140. The van der Waals surface area contributed by atoms with Crippen molar-refractivity contribution in [1.29, 1.82) is 0 Å². The van der Waals surface area contributed by atoms with Gasteiger partial charge >= 0.3 is 0 Å². The topological polar surface area (TPSA) is 55.1 Å². The largest absolute Gasteiger partial charge is 0.444 e. The van der Waals surface area contributed by atoms with Crippen LogP contribution >= 0.6 is 0 Å². The summed E-state index contributed by atoms with van der Waals surface area (Å²) >= 11 is 0. The highest BCUT2D eigenvalue weighted by molar-refractivity contribution is 6.05. The first-order valence-electron chi connectivity index (χ1n) is 9.11. The van der Waals surface area contributed by atoms with E-state index in [1.54, 1.807) is 6.26 Å². The Morgan fingerprint density at radius 2 is 1.78 bits per heavy atom. The van der Waals surface area contributed by atoms with Crippen LogP contribution in [-0.2, 0) is 24.1 Å². The third-order valence-corrected chi connectivity index (χ3v) is 5.07. The van der Waals surface area contributed by atoms with Gasteiger partial charge in [0.2, 0.25) is 11.8 Å². The number of carbonyl (C=O) groups excluding carboxylic acids is 1. The van der Waals surface area contributed by atoms with Crippen LogP contribution < -0.4 is 5.32 Å². The molecule has 0 unspecified atom stereocenters. The number of amides is 1. The summed E-state index contributed by atoms with van der Waals surface area (Å²) in [5, 5.41) is 5.45. The minimum Gasteiger partial charge on any atom is -0.444 e. The SMILES string of the molecule is O=C(Cc1coc(-c2ccccc2)n1)Nc1ccc2c3c(cccc13)CC2. The average molecular weight is 354 g/mol. The quantitative estimate of drug-likeness (QED) is 0.574. The van der Waals surface area contributed by atoms with Crippen LogP contribution in [0.2, 0.25) is 0 Å². The van der Waals surface area contributed by atoms with Gasteiger partial charge in [-0.05, 0) is 47.6 Å². The first-order valence-corrected chi connectivity index (χ1v) is 9.11. The molecule has 1 aliphatic rings. The van der Waals surface area contributed by atoms with Crippen molar-refractivity contribution in [1.82, 2.24) is 4.98 Å². The zero-order chi connectivity index (χ0) is 18.2. The van der Waals surface area contributed by atoms with Crippen molar-refractivity contribution in [3.05, 3.63) is 83.7 Å². The molecule has 1 aromatic heterocycles. The highest BCUT2D eigenvalue weighted by Gasteiger charge is 2.17. The lowest BCUT2D eigenvalue weighted by Crippen LogP contribution is -2.15. The third-order valence-electron chi connectivity index (χ3n) is 5.07. The van der Waals surface area contributed by atoms with Crippen molar-refractivity contribution in [2.75, 3.05) is 5.32 Å². The molecule has 0 atom stereocenters. The summed E-state index contributed by atoms with van der Waals surface area (Å²) in [6.07, 6.45) is 3.88. The highest BCUT2D eigenvalue weighted by Crippen LogP contribution is 2.35. The van der Waals surface area contributed by atoms with Gasteiger partial charge in [0.25, 0.3) is 0 Å². The second-order valence-electron chi connectivity index (χ2n) is 6.85. The number of rotatable bonds is 4. The Morgan fingerprint density at radius 3 is 2.63 bits per heavy atom. The number of anilines is 1. The number of aromatic nitrogens is 1. The van der Waals surface area contributed by atoms with Gasteiger partial charge in [0.1, 0.15) is 6.26 Å². The number of aryl methyl sites for hydroxylation is 2. The molecule has 1 aliphatic carbocycles. The van der Waals surface area contributed by atoms with Crippen molar-refractivity contribution in [3.8, 4) is 11.5 Å². The predicted octanol–water partition coefficient (Wildman–Crippen LogP) is 4.77. The molecule has 0 aliphatic heterocycles. The predicted molar refractivity (Wildman–Crippen MR) is 106 cm³/mol. The molecule has 0 saturated carbocycles. The second kappa shape index (κ2) is 6.40. The maximum atomic E-state index is 12.6. The van der Waals surface area contributed by atoms with Crippen LogP contribution in [0.15, 0.2) is 71.3 Å². The standard InChI is InChI=1S/C23H18N2O2/c26-21(13-18-14-27-23(24-18)17-5-2-1-3-6-17)25-20-12-11-16-10-9-15-7-4-8-19(20)22(15)16/h1-8,11-12,14H,9-10,13H2,(H,25,26). The molecule has 0 radical (unpaired) electrons. The Morgan fingerprint density at radius 1 is 0.963 bits per heavy atom. The molecule has 3 aromatic carbocycles. The smallest absolute Gasteiger partial charge is 0.230 e. The van der Waals surface area contributed by atoms with E-state index >= 15 is 0 Å². The zero-order valence-electron chi connectivity index (χ0n) is 14.7. The second-order valence-corrected chi connectivity index (χ2v) is 6.85. The summed E-state index contributed by atoms with van der Waals surface area (Å²) in [4.78, 5) is 17.0. The Labute approximate surface area is 156 Å². The fraction of sp³-hybridized carbons (Fsp3) is 0.130. The van der Waals surface area contributed by atoms with E-state index in [0.717, 1.165) is 29.5 Å². The fourth-order valence-electron chi connectivity index (χ4n) is 3.82. The van der Waals surface area contributed by atoms with E-state index in [9.17, 15) is 4.79 Å². The van der Waals surface area contributed by atoms with Crippen LogP contribution in [0.5, 0.6) is 0 Å². The zero-order valence-corrected chi connectivity index (χ0v) is 14.7. The Hall–Kier alpha value is -3.40. The molecule has 4 nitrogen and oxygen atoms in total. The fourth-order valence-corrected chi connectivity index (χ4v) is 3.82. The van der Waals surface area contributed by atoms with Gasteiger partial charge < -0.3 is 9.73 Å². The van der Waals surface area contributed by atoms with E-state index in [2.05, 4.69) is 34.6 Å². The average Bonchev–Trinajstić information content (AvgIpc) is 3.33. The molecule has 0 bridgehead atoms. The molecule has 1 heterocycles. The van der Waals surface area contributed by atoms with Gasteiger partial charge in [-0.3, -0.25) is 4.79 Å². The summed E-state index contributed by atoms with van der Waals surface area (Å²) < 4.78 is 5.52. The number of carbonyl (C=O) groups is 1. The number of oxazole rings is 1. The van der Waals surface area contributed by atoms with E-state index in [1.165, 1.54) is 16.5 Å². The molecule has 0 spiro atoms.